The first-order chi connectivity index (χ1) is 17.8. The molecule has 8 nitrogen and oxygen atoms in total. The number of methoxy groups -OCH3 is 2. The van der Waals surface area contributed by atoms with Crippen molar-refractivity contribution in [3.63, 3.8) is 0 Å². The molecule has 0 fully saturated rings. The highest BCUT2D eigenvalue weighted by Gasteiger charge is 2.33. The van der Waals surface area contributed by atoms with E-state index in [1.54, 1.807) is 57.4 Å². The van der Waals surface area contributed by atoms with Crippen molar-refractivity contribution in [3.05, 3.63) is 96.7 Å². The van der Waals surface area contributed by atoms with E-state index in [1.807, 2.05) is 12.1 Å². The number of aromatic nitrogens is 1. The summed E-state index contributed by atoms with van der Waals surface area (Å²) in [5, 5.41) is 10.4. The van der Waals surface area contributed by atoms with Gasteiger partial charge < -0.3 is 19.3 Å². The molecular formula is C28H28N2O6S. The van der Waals surface area contributed by atoms with E-state index in [1.165, 1.54) is 23.0 Å². The average Bonchev–Trinajstić information content (AvgIpc) is 3.19. The first kappa shape index (κ1) is 26.0. The number of rotatable bonds is 8. The number of phenolic OH excluding ortho intramolecular Hbond substituents is 1. The summed E-state index contributed by atoms with van der Waals surface area (Å²) in [7, 11) is 3.03. The molecule has 3 aromatic rings. The maximum Gasteiger partial charge on any atom is 0.338 e. The Kier molecular flexibility index (Phi) is 7.63. The number of aromatic hydroxyl groups is 1. The fraction of sp³-hybridized carbons (Fsp3) is 0.250. The third-order valence-electron chi connectivity index (χ3n) is 5.98. The number of esters is 1. The van der Waals surface area contributed by atoms with E-state index in [9.17, 15) is 14.7 Å². The van der Waals surface area contributed by atoms with Crippen molar-refractivity contribution >= 4 is 23.4 Å². The van der Waals surface area contributed by atoms with Gasteiger partial charge in [-0.1, -0.05) is 29.5 Å². The molecule has 0 spiro atoms. The Labute approximate surface area is 218 Å². The Morgan fingerprint density at radius 1 is 1.24 bits per heavy atom. The molecule has 0 amide bonds. The van der Waals surface area contributed by atoms with E-state index in [4.69, 9.17) is 14.2 Å². The number of hydrogen-bond donors (Lipinski definition) is 1. The van der Waals surface area contributed by atoms with Crippen LogP contribution in [-0.4, -0.2) is 36.5 Å². The van der Waals surface area contributed by atoms with Crippen LogP contribution >= 0.6 is 11.3 Å². The average molecular weight is 521 g/mol. The van der Waals surface area contributed by atoms with Crippen LogP contribution < -0.4 is 24.4 Å². The van der Waals surface area contributed by atoms with Crippen molar-refractivity contribution in [2.45, 2.75) is 26.3 Å². The molecule has 4 rings (SSSR count). The van der Waals surface area contributed by atoms with Crippen molar-refractivity contribution < 1.29 is 24.1 Å². The van der Waals surface area contributed by atoms with Crippen molar-refractivity contribution in [2.24, 2.45) is 4.99 Å². The van der Waals surface area contributed by atoms with Crippen LogP contribution in [0.3, 0.4) is 0 Å². The predicted octanol–water partition coefficient (Wildman–Crippen LogP) is 3.25. The SMILES string of the molecule is C=CCc1cc(/C=c2/sc3n(c2=O)[C@@H](c2cccc(OC)c2)C(C(=O)OCC)=C(C)N=3)cc(OC)c1O. The number of benzene rings is 2. The molecule has 1 N–H and O–H groups in total. The standard InChI is InChI=1S/C28H28N2O6S/c1-6-9-19-12-17(13-21(35-5)25(19)31)14-22-26(32)30-24(18-10-8-11-20(15-18)34-4)23(27(33)36-7-2)16(3)29-28(30)37-22/h6,8,10-15,24,31H,1,7,9H2,2-5H3/b22-14+/t24-/m0/s1. The molecule has 1 atom stereocenters. The van der Waals surface area contributed by atoms with E-state index in [0.29, 0.717) is 55.2 Å². The number of thiazole rings is 1. The Morgan fingerprint density at radius 2 is 2.03 bits per heavy atom. The van der Waals surface area contributed by atoms with Crippen LogP contribution in [0, 0.1) is 0 Å². The number of ether oxygens (including phenoxy) is 3. The molecule has 2 aromatic carbocycles. The van der Waals surface area contributed by atoms with Crippen LogP contribution in [0.4, 0.5) is 0 Å². The molecule has 0 saturated heterocycles. The van der Waals surface area contributed by atoms with E-state index in [2.05, 4.69) is 11.6 Å². The number of nitrogens with zero attached hydrogens (tertiary/aromatic N) is 2. The highest BCUT2D eigenvalue weighted by Crippen LogP contribution is 2.33. The maximum atomic E-state index is 13.8. The Morgan fingerprint density at radius 3 is 2.70 bits per heavy atom. The zero-order valence-electron chi connectivity index (χ0n) is 21.1. The topological polar surface area (TPSA) is 99.4 Å². The fourth-order valence-electron chi connectivity index (χ4n) is 4.31. The van der Waals surface area contributed by atoms with Gasteiger partial charge in [0, 0.05) is 5.56 Å². The monoisotopic (exact) mass is 520 g/mol. The van der Waals surface area contributed by atoms with Crippen molar-refractivity contribution in [3.8, 4) is 17.2 Å². The summed E-state index contributed by atoms with van der Waals surface area (Å²) in [5.41, 5.74) is 2.48. The third kappa shape index (κ3) is 4.95. The van der Waals surface area contributed by atoms with Crippen molar-refractivity contribution in [2.75, 3.05) is 20.8 Å². The Bertz CT molecular complexity index is 1580. The Balaban J connectivity index is 1.96. The van der Waals surface area contributed by atoms with Gasteiger partial charge in [-0.25, -0.2) is 9.79 Å². The highest BCUT2D eigenvalue weighted by atomic mass is 32.1. The predicted molar refractivity (Wildman–Crippen MR) is 142 cm³/mol. The van der Waals surface area contributed by atoms with Crippen LogP contribution in [0.1, 0.15) is 36.6 Å². The lowest BCUT2D eigenvalue weighted by atomic mass is 9.95. The van der Waals surface area contributed by atoms with Gasteiger partial charge in [0.1, 0.15) is 5.75 Å². The first-order valence-corrected chi connectivity index (χ1v) is 12.5. The summed E-state index contributed by atoms with van der Waals surface area (Å²) in [6, 6.07) is 9.96. The van der Waals surface area contributed by atoms with Crippen molar-refractivity contribution in [1.82, 2.24) is 4.57 Å². The second kappa shape index (κ2) is 10.9. The van der Waals surface area contributed by atoms with Gasteiger partial charge in [0.15, 0.2) is 16.3 Å². The maximum absolute atomic E-state index is 13.8. The largest absolute Gasteiger partial charge is 0.504 e. The number of hydrogen-bond acceptors (Lipinski definition) is 8. The normalized spacial score (nSPS) is 15.1. The molecule has 0 unspecified atom stereocenters. The summed E-state index contributed by atoms with van der Waals surface area (Å²) < 4.78 is 18.0. The molecule has 0 saturated carbocycles. The lowest BCUT2D eigenvalue weighted by Gasteiger charge is -2.25. The lowest BCUT2D eigenvalue weighted by Crippen LogP contribution is -2.39. The van der Waals surface area contributed by atoms with E-state index < -0.39 is 12.0 Å². The third-order valence-corrected chi connectivity index (χ3v) is 6.97. The first-order valence-electron chi connectivity index (χ1n) is 11.7. The molecular weight excluding hydrogens is 492 g/mol. The van der Waals surface area contributed by atoms with Crippen LogP contribution in [0.15, 0.2) is 70.1 Å². The lowest BCUT2D eigenvalue weighted by molar-refractivity contribution is -0.139. The molecule has 0 bridgehead atoms. The molecule has 0 aliphatic carbocycles. The summed E-state index contributed by atoms with van der Waals surface area (Å²) >= 11 is 1.22. The van der Waals surface area contributed by atoms with Gasteiger partial charge >= 0.3 is 5.97 Å². The number of phenols is 1. The van der Waals surface area contributed by atoms with Crippen LogP contribution in [-0.2, 0) is 16.0 Å². The van der Waals surface area contributed by atoms with Crippen LogP contribution in [0.5, 0.6) is 17.2 Å². The smallest absolute Gasteiger partial charge is 0.338 e. The van der Waals surface area contributed by atoms with Gasteiger partial charge in [0.2, 0.25) is 0 Å². The minimum absolute atomic E-state index is 0.0359. The number of carbonyl (C=O) groups excluding carboxylic acids is 1. The molecule has 1 aliphatic heterocycles. The minimum Gasteiger partial charge on any atom is -0.504 e. The summed E-state index contributed by atoms with van der Waals surface area (Å²) in [6.07, 6.45) is 3.84. The van der Waals surface area contributed by atoms with Crippen molar-refractivity contribution in [1.29, 1.82) is 0 Å². The fourth-order valence-corrected chi connectivity index (χ4v) is 5.36. The summed E-state index contributed by atoms with van der Waals surface area (Å²) in [4.78, 5) is 31.9. The number of allylic oxidation sites excluding steroid dienone is 2. The van der Waals surface area contributed by atoms with E-state index in [0.717, 1.165) is 0 Å². The second-order valence-electron chi connectivity index (χ2n) is 8.30. The minimum atomic E-state index is -0.738. The zero-order valence-corrected chi connectivity index (χ0v) is 21.9. The Hall–Kier alpha value is -4.11. The molecule has 9 heteroatoms. The molecule has 37 heavy (non-hydrogen) atoms. The van der Waals surface area contributed by atoms with Crippen LogP contribution in [0.25, 0.3) is 6.08 Å². The molecule has 1 aromatic heterocycles. The van der Waals surface area contributed by atoms with Crippen LogP contribution in [0.2, 0.25) is 0 Å². The van der Waals surface area contributed by atoms with Gasteiger partial charge in [-0.2, -0.15) is 0 Å². The molecule has 0 radical (unpaired) electrons. The van der Waals surface area contributed by atoms with Gasteiger partial charge in [0.25, 0.3) is 5.56 Å². The van der Waals surface area contributed by atoms with E-state index in [-0.39, 0.29) is 17.9 Å². The van der Waals surface area contributed by atoms with Gasteiger partial charge in [-0.15, -0.1) is 6.58 Å². The van der Waals surface area contributed by atoms with E-state index >= 15 is 0 Å². The van der Waals surface area contributed by atoms with Gasteiger partial charge in [-0.05, 0) is 61.7 Å². The van der Waals surface area contributed by atoms with Gasteiger partial charge in [-0.3, -0.25) is 9.36 Å². The summed E-state index contributed by atoms with van der Waals surface area (Å²) in [5.74, 6) is 0.411. The second-order valence-corrected chi connectivity index (χ2v) is 9.31. The molecule has 2 heterocycles. The number of fused-ring (bicyclic) bond motifs is 1. The highest BCUT2D eigenvalue weighted by molar-refractivity contribution is 7.07. The van der Waals surface area contributed by atoms with Gasteiger partial charge in [0.05, 0.1) is 42.7 Å². The quantitative estimate of drug-likeness (QED) is 0.362. The zero-order chi connectivity index (χ0) is 26.7. The number of carbonyl (C=O) groups is 1. The molecule has 1 aliphatic rings. The summed E-state index contributed by atoms with van der Waals surface area (Å²) in [6.45, 7) is 7.40. The molecule has 192 valence electrons.